The maximum atomic E-state index is 12.5. The highest BCUT2D eigenvalue weighted by Gasteiger charge is 2.20. The molecule has 0 saturated carbocycles. The minimum Gasteiger partial charge on any atom is -0.366 e. The second-order valence-corrected chi connectivity index (χ2v) is 9.60. The summed E-state index contributed by atoms with van der Waals surface area (Å²) in [6.45, 7) is 0. The fourth-order valence-corrected chi connectivity index (χ4v) is 6.20. The molecule has 0 bridgehead atoms. The molecular weight excluding hydrogens is 364 g/mol. The lowest BCUT2D eigenvalue weighted by atomic mass is 10.2. The van der Waals surface area contributed by atoms with Gasteiger partial charge >= 0.3 is 0 Å². The molecule has 0 spiro atoms. The SMILES string of the molecule is NC(=O)c1ccc(S(=O)(=O)Nc2cccc(C3SCCS3)c2)cc1. The van der Waals surface area contributed by atoms with Gasteiger partial charge in [0.2, 0.25) is 5.91 Å². The summed E-state index contributed by atoms with van der Waals surface area (Å²) in [6, 6.07) is 13.0. The predicted octanol–water partition coefficient (Wildman–Crippen LogP) is 3.06. The molecule has 0 aromatic heterocycles. The van der Waals surface area contributed by atoms with Gasteiger partial charge in [-0.05, 0) is 42.0 Å². The van der Waals surface area contributed by atoms with E-state index in [0.717, 1.165) is 17.1 Å². The Hall–Kier alpha value is -1.64. The summed E-state index contributed by atoms with van der Waals surface area (Å²) in [4.78, 5) is 11.2. The summed E-state index contributed by atoms with van der Waals surface area (Å²) >= 11 is 3.73. The average molecular weight is 381 g/mol. The van der Waals surface area contributed by atoms with Crippen LogP contribution in [-0.2, 0) is 10.0 Å². The van der Waals surface area contributed by atoms with Gasteiger partial charge in [-0.3, -0.25) is 9.52 Å². The predicted molar refractivity (Wildman–Crippen MR) is 99.9 cm³/mol. The summed E-state index contributed by atoms with van der Waals surface area (Å²) in [5.74, 6) is 1.63. The van der Waals surface area contributed by atoms with E-state index in [9.17, 15) is 13.2 Å². The Balaban J connectivity index is 1.81. The molecule has 2 aromatic carbocycles. The van der Waals surface area contributed by atoms with Crippen molar-refractivity contribution in [3.63, 3.8) is 0 Å². The van der Waals surface area contributed by atoms with Crippen molar-refractivity contribution in [3.8, 4) is 0 Å². The number of thioether (sulfide) groups is 2. The summed E-state index contributed by atoms with van der Waals surface area (Å²) in [5.41, 5.74) is 7.07. The van der Waals surface area contributed by atoms with Crippen molar-refractivity contribution in [1.82, 2.24) is 0 Å². The van der Waals surface area contributed by atoms with E-state index in [2.05, 4.69) is 4.72 Å². The van der Waals surface area contributed by atoms with E-state index in [4.69, 9.17) is 5.73 Å². The lowest BCUT2D eigenvalue weighted by Gasteiger charge is -2.12. The minimum atomic E-state index is -3.71. The molecule has 8 heteroatoms. The van der Waals surface area contributed by atoms with Gasteiger partial charge in [-0.15, -0.1) is 23.5 Å². The Kier molecular flexibility index (Phi) is 5.07. The van der Waals surface area contributed by atoms with Crippen LogP contribution in [0.3, 0.4) is 0 Å². The zero-order chi connectivity index (χ0) is 17.2. The molecule has 3 N–H and O–H groups in total. The standard InChI is InChI=1S/C16H16N2O3S3/c17-15(19)11-4-6-14(7-5-11)24(20,21)18-13-3-1-2-12(10-13)16-22-8-9-23-16/h1-7,10,16,18H,8-9H2,(H2,17,19). The third-order valence-corrected chi connectivity index (χ3v) is 7.98. The Morgan fingerprint density at radius 2 is 1.75 bits per heavy atom. The Morgan fingerprint density at radius 3 is 2.38 bits per heavy atom. The van der Waals surface area contributed by atoms with Gasteiger partial charge in [-0.25, -0.2) is 8.42 Å². The van der Waals surface area contributed by atoms with Crippen molar-refractivity contribution < 1.29 is 13.2 Å². The van der Waals surface area contributed by atoms with E-state index in [-0.39, 0.29) is 10.5 Å². The highest BCUT2D eigenvalue weighted by Crippen LogP contribution is 2.45. The van der Waals surface area contributed by atoms with Crippen LogP contribution in [0.1, 0.15) is 20.5 Å². The maximum Gasteiger partial charge on any atom is 0.261 e. The van der Waals surface area contributed by atoms with Crippen LogP contribution in [0.25, 0.3) is 0 Å². The molecule has 5 nitrogen and oxygen atoms in total. The fraction of sp³-hybridized carbons (Fsp3) is 0.188. The molecule has 1 aliphatic rings. The maximum absolute atomic E-state index is 12.5. The Bertz CT molecular complexity index is 845. The highest BCUT2D eigenvalue weighted by atomic mass is 32.2. The quantitative estimate of drug-likeness (QED) is 0.832. The zero-order valence-electron chi connectivity index (χ0n) is 12.6. The molecule has 0 aliphatic carbocycles. The zero-order valence-corrected chi connectivity index (χ0v) is 15.1. The molecule has 0 unspecified atom stereocenters. The first kappa shape index (κ1) is 17.2. The molecule has 1 heterocycles. The highest BCUT2D eigenvalue weighted by molar-refractivity contribution is 8.19. The van der Waals surface area contributed by atoms with Gasteiger partial charge in [-0.1, -0.05) is 12.1 Å². The number of amides is 1. The summed E-state index contributed by atoms with van der Waals surface area (Å²) < 4.78 is 27.9. The van der Waals surface area contributed by atoms with Gasteiger partial charge < -0.3 is 5.73 Å². The van der Waals surface area contributed by atoms with E-state index in [1.54, 1.807) is 6.07 Å². The van der Waals surface area contributed by atoms with Crippen LogP contribution in [0.2, 0.25) is 0 Å². The van der Waals surface area contributed by atoms with Crippen LogP contribution in [0, 0.1) is 0 Å². The van der Waals surface area contributed by atoms with Crippen molar-refractivity contribution in [3.05, 3.63) is 59.7 Å². The number of nitrogens with one attached hydrogen (secondary N) is 1. The molecule has 1 aliphatic heterocycles. The van der Waals surface area contributed by atoms with Crippen LogP contribution >= 0.6 is 23.5 Å². The van der Waals surface area contributed by atoms with Gasteiger partial charge in [0.1, 0.15) is 0 Å². The summed E-state index contributed by atoms with van der Waals surface area (Å²) in [5, 5.41) is 0. The monoisotopic (exact) mass is 380 g/mol. The Labute approximate surface area is 149 Å². The second-order valence-electron chi connectivity index (χ2n) is 5.19. The molecule has 1 saturated heterocycles. The van der Waals surface area contributed by atoms with Gasteiger partial charge in [-0.2, -0.15) is 0 Å². The smallest absolute Gasteiger partial charge is 0.261 e. The number of benzene rings is 2. The van der Waals surface area contributed by atoms with Crippen molar-refractivity contribution in [1.29, 1.82) is 0 Å². The molecule has 3 rings (SSSR count). The number of rotatable bonds is 5. The number of hydrogen-bond donors (Lipinski definition) is 2. The van der Waals surface area contributed by atoms with E-state index in [1.807, 2.05) is 41.7 Å². The van der Waals surface area contributed by atoms with E-state index >= 15 is 0 Å². The van der Waals surface area contributed by atoms with Crippen molar-refractivity contribution >= 4 is 45.1 Å². The van der Waals surface area contributed by atoms with Crippen LogP contribution < -0.4 is 10.5 Å². The average Bonchev–Trinajstić information content (AvgIpc) is 3.09. The van der Waals surface area contributed by atoms with Gasteiger partial charge in [0, 0.05) is 22.8 Å². The molecule has 0 radical (unpaired) electrons. The number of nitrogens with two attached hydrogens (primary N) is 1. The molecule has 1 fully saturated rings. The first-order chi connectivity index (χ1) is 11.5. The first-order valence-corrected chi connectivity index (χ1v) is 10.8. The van der Waals surface area contributed by atoms with Crippen molar-refractivity contribution in [2.75, 3.05) is 16.2 Å². The number of sulfonamides is 1. The Morgan fingerprint density at radius 1 is 1.08 bits per heavy atom. The summed E-state index contributed by atoms with van der Waals surface area (Å²) in [6.07, 6.45) is 0. The topological polar surface area (TPSA) is 89.3 Å². The van der Waals surface area contributed by atoms with Gasteiger partial charge in [0.25, 0.3) is 10.0 Å². The van der Waals surface area contributed by atoms with Crippen LogP contribution in [0.15, 0.2) is 53.4 Å². The van der Waals surface area contributed by atoms with E-state index < -0.39 is 15.9 Å². The van der Waals surface area contributed by atoms with Gasteiger partial charge in [0.05, 0.1) is 9.48 Å². The molecular formula is C16H16N2O3S3. The molecule has 24 heavy (non-hydrogen) atoms. The van der Waals surface area contributed by atoms with Gasteiger partial charge in [0.15, 0.2) is 0 Å². The molecule has 2 aromatic rings. The van der Waals surface area contributed by atoms with Crippen LogP contribution in [0.5, 0.6) is 0 Å². The number of primary amides is 1. The normalized spacial score (nSPS) is 15.3. The van der Waals surface area contributed by atoms with E-state index in [1.165, 1.54) is 24.3 Å². The number of carbonyl (C=O) groups is 1. The lowest BCUT2D eigenvalue weighted by Crippen LogP contribution is -2.14. The third kappa shape index (κ3) is 3.88. The first-order valence-electron chi connectivity index (χ1n) is 7.21. The largest absolute Gasteiger partial charge is 0.366 e. The number of anilines is 1. The van der Waals surface area contributed by atoms with E-state index in [0.29, 0.717) is 10.3 Å². The molecule has 1 amide bonds. The minimum absolute atomic E-state index is 0.0857. The third-order valence-electron chi connectivity index (χ3n) is 3.48. The lowest BCUT2D eigenvalue weighted by molar-refractivity contribution is 0.1000. The van der Waals surface area contributed by atoms with Crippen LogP contribution in [0.4, 0.5) is 5.69 Å². The fourth-order valence-electron chi connectivity index (χ4n) is 2.31. The van der Waals surface area contributed by atoms with Crippen LogP contribution in [-0.4, -0.2) is 25.8 Å². The number of hydrogen-bond acceptors (Lipinski definition) is 5. The van der Waals surface area contributed by atoms with Crippen molar-refractivity contribution in [2.45, 2.75) is 9.48 Å². The molecule has 0 atom stereocenters. The van der Waals surface area contributed by atoms with Crippen molar-refractivity contribution in [2.24, 2.45) is 5.73 Å². The molecule has 126 valence electrons. The summed E-state index contributed by atoms with van der Waals surface area (Å²) in [7, 11) is -3.71. The second kappa shape index (κ2) is 7.08. The number of carbonyl (C=O) groups excluding carboxylic acids is 1.